The number of rotatable bonds is 5. The highest BCUT2D eigenvalue weighted by molar-refractivity contribution is 7.91. The fourth-order valence-electron chi connectivity index (χ4n) is 3.38. The monoisotopic (exact) mass is 387 g/mol. The first-order valence-corrected chi connectivity index (χ1v) is 10.9. The number of carbonyl (C=O) groups is 1. The molecule has 1 aromatic carbocycles. The maximum atomic E-state index is 12.9. The van der Waals surface area contributed by atoms with Crippen molar-refractivity contribution < 1.29 is 13.2 Å². The van der Waals surface area contributed by atoms with Crippen molar-refractivity contribution in [3.05, 3.63) is 53.7 Å². The average molecular weight is 388 g/mol. The molecule has 1 atom stereocenters. The summed E-state index contributed by atoms with van der Waals surface area (Å²) in [6.07, 6.45) is 2.17. The van der Waals surface area contributed by atoms with Gasteiger partial charge in [-0.1, -0.05) is 12.1 Å². The highest BCUT2D eigenvalue weighted by Crippen LogP contribution is 2.23. The number of anilines is 2. The normalized spacial score (nSPS) is 18.3. The third-order valence-corrected chi connectivity index (χ3v) is 6.74. The van der Waals surface area contributed by atoms with Crippen LogP contribution in [0, 0.1) is 6.92 Å². The number of pyridine rings is 1. The molecule has 1 saturated heterocycles. The molecule has 1 amide bonds. The van der Waals surface area contributed by atoms with Gasteiger partial charge < -0.3 is 9.80 Å². The summed E-state index contributed by atoms with van der Waals surface area (Å²) >= 11 is 0. The SMILES string of the molecule is CCN(C(=O)c1ccc(N(C)C2CCS(=O)(=O)C2)nc1)c1cccc(C)c1. The van der Waals surface area contributed by atoms with Crippen molar-refractivity contribution in [2.24, 2.45) is 0 Å². The number of sulfone groups is 1. The van der Waals surface area contributed by atoms with Crippen LogP contribution in [0.15, 0.2) is 42.6 Å². The quantitative estimate of drug-likeness (QED) is 0.789. The van der Waals surface area contributed by atoms with Gasteiger partial charge in [0.1, 0.15) is 5.82 Å². The van der Waals surface area contributed by atoms with Crippen molar-refractivity contribution in [3.63, 3.8) is 0 Å². The Morgan fingerprint density at radius 2 is 2.04 bits per heavy atom. The zero-order valence-corrected chi connectivity index (χ0v) is 16.7. The highest BCUT2D eigenvalue weighted by Gasteiger charge is 2.31. The second-order valence-corrected chi connectivity index (χ2v) is 9.19. The summed E-state index contributed by atoms with van der Waals surface area (Å²) in [5, 5.41) is 0. The van der Waals surface area contributed by atoms with E-state index < -0.39 is 9.84 Å². The summed E-state index contributed by atoms with van der Waals surface area (Å²) in [5.41, 5.74) is 2.47. The van der Waals surface area contributed by atoms with Crippen molar-refractivity contribution in [3.8, 4) is 0 Å². The molecule has 6 nitrogen and oxygen atoms in total. The third-order valence-electron chi connectivity index (χ3n) is 4.99. The molecule has 0 bridgehead atoms. The molecule has 144 valence electrons. The lowest BCUT2D eigenvalue weighted by Gasteiger charge is -2.25. The molecule has 0 aliphatic carbocycles. The van der Waals surface area contributed by atoms with Crippen LogP contribution in [0.4, 0.5) is 11.5 Å². The first kappa shape index (κ1) is 19.4. The van der Waals surface area contributed by atoms with Crippen molar-refractivity contribution >= 4 is 27.2 Å². The van der Waals surface area contributed by atoms with Gasteiger partial charge in [0, 0.05) is 31.5 Å². The number of aryl methyl sites for hydroxylation is 1. The third kappa shape index (κ3) is 4.30. The summed E-state index contributed by atoms with van der Waals surface area (Å²) in [7, 11) is -1.10. The zero-order chi connectivity index (χ0) is 19.6. The number of carbonyl (C=O) groups excluding carboxylic acids is 1. The summed E-state index contributed by atoms with van der Waals surface area (Å²) in [4.78, 5) is 20.9. The maximum absolute atomic E-state index is 12.9. The minimum absolute atomic E-state index is 0.0662. The van der Waals surface area contributed by atoms with E-state index in [-0.39, 0.29) is 23.5 Å². The number of hydrogen-bond acceptors (Lipinski definition) is 5. The molecule has 3 rings (SSSR count). The maximum Gasteiger partial charge on any atom is 0.259 e. The number of aromatic nitrogens is 1. The van der Waals surface area contributed by atoms with Crippen LogP contribution in [-0.2, 0) is 9.84 Å². The van der Waals surface area contributed by atoms with E-state index in [2.05, 4.69) is 4.98 Å². The van der Waals surface area contributed by atoms with Gasteiger partial charge in [0.2, 0.25) is 0 Å². The molecular formula is C20H25N3O3S. The summed E-state index contributed by atoms with van der Waals surface area (Å²) in [6.45, 7) is 4.50. The van der Waals surface area contributed by atoms with E-state index in [0.29, 0.717) is 24.3 Å². The van der Waals surface area contributed by atoms with Gasteiger partial charge >= 0.3 is 0 Å². The largest absolute Gasteiger partial charge is 0.356 e. The van der Waals surface area contributed by atoms with E-state index in [1.807, 2.05) is 50.1 Å². The first-order valence-electron chi connectivity index (χ1n) is 9.08. The molecule has 1 aliphatic heterocycles. The average Bonchev–Trinajstić information content (AvgIpc) is 3.02. The minimum atomic E-state index is -2.95. The van der Waals surface area contributed by atoms with Gasteiger partial charge in [-0.05, 0) is 50.1 Å². The molecule has 0 radical (unpaired) electrons. The van der Waals surface area contributed by atoms with Crippen molar-refractivity contribution in [2.75, 3.05) is 34.9 Å². The van der Waals surface area contributed by atoms with Crippen LogP contribution in [0.3, 0.4) is 0 Å². The van der Waals surface area contributed by atoms with Gasteiger partial charge in [0.25, 0.3) is 5.91 Å². The lowest BCUT2D eigenvalue weighted by molar-refractivity contribution is 0.0988. The van der Waals surface area contributed by atoms with E-state index >= 15 is 0 Å². The number of nitrogens with zero attached hydrogens (tertiary/aromatic N) is 3. The Hall–Kier alpha value is -2.41. The molecule has 1 unspecified atom stereocenters. The van der Waals surface area contributed by atoms with Crippen molar-refractivity contribution in [1.29, 1.82) is 0 Å². The Morgan fingerprint density at radius 3 is 2.59 bits per heavy atom. The number of benzene rings is 1. The van der Waals surface area contributed by atoms with Crippen LogP contribution in [0.25, 0.3) is 0 Å². The van der Waals surface area contributed by atoms with Crippen molar-refractivity contribution in [1.82, 2.24) is 4.98 Å². The Bertz CT molecular complexity index is 926. The van der Waals surface area contributed by atoms with Gasteiger partial charge in [0.05, 0.1) is 17.1 Å². The van der Waals surface area contributed by atoms with Crippen LogP contribution in [0.2, 0.25) is 0 Å². The number of hydrogen-bond donors (Lipinski definition) is 0. The van der Waals surface area contributed by atoms with Crippen LogP contribution in [0.1, 0.15) is 29.3 Å². The molecule has 0 N–H and O–H groups in total. The molecule has 1 aromatic heterocycles. The molecule has 27 heavy (non-hydrogen) atoms. The highest BCUT2D eigenvalue weighted by atomic mass is 32.2. The molecule has 0 spiro atoms. The van der Waals surface area contributed by atoms with Gasteiger partial charge in [-0.2, -0.15) is 0 Å². The molecular weight excluding hydrogens is 362 g/mol. The van der Waals surface area contributed by atoms with Crippen LogP contribution in [0.5, 0.6) is 0 Å². The Balaban J connectivity index is 1.77. The van der Waals surface area contributed by atoms with Crippen LogP contribution < -0.4 is 9.80 Å². The standard InChI is InChI=1S/C20H25N3O3S/c1-4-23(17-7-5-6-15(2)12-17)20(24)16-8-9-19(21-13-16)22(3)18-10-11-27(25,26)14-18/h5-9,12-13,18H,4,10-11,14H2,1-3H3. The first-order chi connectivity index (χ1) is 12.8. The fourth-order valence-corrected chi connectivity index (χ4v) is 5.16. The molecule has 0 saturated carbocycles. The van der Waals surface area contributed by atoms with Gasteiger partial charge in [0.15, 0.2) is 9.84 Å². The molecule has 1 aliphatic rings. The van der Waals surface area contributed by atoms with Gasteiger partial charge in [-0.15, -0.1) is 0 Å². The fraction of sp³-hybridized carbons (Fsp3) is 0.400. The van der Waals surface area contributed by atoms with E-state index in [4.69, 9.17) is 0 Å². The van der Waals surface area contributed by atoms with E-state index in [9.17, 15) is 13.2 Å². The van der Waals surface area contributed by atoms with Gasteiger partial charge in [-0.25, -0.2) is 13.4 Å². The molecule has 7 heteroatoms. The second-order valence-electron chi connectivity index (χ2n) is 6.96. The zero-order valence-electron chi connectivity index (χ0n) is 15.9. The number of amides is 1. The summed E-state index contributed by atoms with van der Waals surface area (Å²) in [5.74, 6) is 0.948. The molecule has 2 heterocycles. The minimum Gasteiger partial charge on any atom is -0.356 e. The second kappa shape index (κ2) is 7.68. The summed E-state index contributed by atoms with van der Waals surface area (Å²) in [6, 6.07) is 11.3. The van der Waals surface area contributed by atoms with Crippen LogP contribution in [-0.4, -0.2) is 50.4 Å². The Kier molecular flexibility index (Phi) is 5.51. The predicted molar refractivity (Wildman–Crippen MR) is 108 cm³/mol. The Morgan fingerprint density at radius 1 is 1.26 bits per heavy atom. The Labute approximate surface area is 160 Å². The topological polar surface area (TPSA) is 70.6 Å². The lowest BCUT2D eigenvalue weighted by Crippen LogP contribution is -2.33. The molecule has 1 fully saturated rings. The van der Waals surface area contributed by atoms with E-state index in [0.717, 1.165) is 11.3 Å². The summed E-state index contributed by atoms with van der Waals surface area (Å²) < 4.78 is 23.4. The molecule has 2 aromatic rings. The smallest absolute Gasteiger partial charge is 0.259 e. The van der Waals surface area contributed by atoms with Crippen molar-refractivity contribution in [2.45, 2.75) is 26.3 Å². The van der Waals surface area contributed by atoms with Gasteiger partial charge in [-0.3, -0.25) is 4.79 Å². The lowest BCUT2D eigenvalue weighted by atomic mass is 10.1. The van der Waals surface area contributed by atoms with E-state index in [1.54, 1.807) is 23.2 Å². The van der Waals surface area contributed by atoms with Crippen LogP contribution >= 0.6 is 0 Å². The predicted octanol–water partition coefficient (Wildman–Crippen LogP) is 2.68. The van der Waals surface area contributed by atoms with E-state index in [1.165, 1.54) is 0 Å².